The molecule has 0 fully saturated rings. The minimum atomic E-state index is 0.104. The van der Waals surface area contributed by atoms with Gasteiger partial charge in [-0.1, -0.05) is 12.1 Å². The quantitative estimate of drug-likeness (QED) is 0.608. The Balaban J connectivity index is 2.00. The van der Waals surface area contributed by atoms with Crippen molar-refractivity contribution >= 4 is 11.3 Å². The number of rotatable bonds is 7. The van der Waals surface area contributed by atoms with Crippen LogP contribution in [0.3, 0.4) is 0 Å². The molecule has 2 aromatic rings. The van der Waals surface area contributed by atoms with E-state index in [-0.39, 0.29) is 6.04 Å². The average molecular weight is 292 g/mol. The van der Waals surface area contributed by atoms with Crippen LogP contribution < -0.4 is 20.7 Å². The van der Waals surface area contributed by atoms with Gasteiger partial charge >= 0.3 is 0 Å². The highest BCUT2D eigenvalue weighted by Gasteiger charge is 2.16. The van der Waals surface area contributed by atoms with E-state index in [1.165, 1.54) is 5.56 Å². The first-order valence-electron chi connectivity index (χ1n) is 6.49. The Labute approximate surface area is 123 Å². The van der Waals surface area contributed by atoms with E-state index in [1.54, 1.807) is 25.6 Å². The lowest BCUT2D eigenvalue weighted by molar-refractivity contribution is 0.400. The number of hydrazine groups is 1. The molecule has 0 saturated carbocycles. The highest BCUT2D eigenvalue weighted by molar-refractivity contribution is 7.10. The Morgan fingerprint density at radius 1 is 1.15 bits per heavy atom. The van der Waals surface area contributed by atoms with Gasteiger partial charge in [-0.3, -0.25) is 11.3 Å². The minimum Gasteiger partial charge on any atom is -0.497 e. The predicted octanol–water partition coefficient (Wildman–Crippen LogP) is 2.90. The molecule has 0 amide bonds. The fraction of sp³-hybridized carbons (Fsp3) is 0.333. The van der Waals surface area contributed by atoms with Crippen LogP contribution in [0.2, 0.25) is 0 Å². The molecule has 3 N–H and O–H groups in total. The first kappa shape index (κ1) is 14.8. The molecule has 1 aromatic heterocycles. The van der Waals surface area contributed by atoms with E-state index < -0.39 is 0 Å². The molecule has 1 heterocycles. The number of methoxy groups -OCH3 is 2. The van der Waals surface area contributed by atoms with Crippen LogP contribution in [0.5, 0.6) is 11.5 Å². The summed E-state index contributed by atoms with van der Waals surface area (Å²) in [5, 5.41) is 2.02. The van der Waals surface area contributed by atoms with Crippen molar-refractivity contribution in [3.8, 4) is 11.5 Å². The third kappa shape index (κ3) is 3.50. The molecule has 1 aromatic carbocycles. The van der Waals surface area contributed by atoms with Crippen LogP contribution in [0, 0.1) is 0 Å². The Bertz CT molecular complexity index is 525. The number of aryl methyl sites for hydroxylation is 1. The van der Waals surface area contributed by atoms with E-state index in [4.69, 9.17) is 15.3 Å². The summed E-state index contributed by atoms with van der Waals surface area (Å²) >= 11 is 1.66. The molecule has 0 spiro atoms. The molecule has 0 saturated heterocycles. The van der Waals surface area contributed by atoms with Crippen LogP contribution in [0.15, 0.2) is 35.7 Å². The van der Waals surface area contributed by atoms with Gasteiger partial charge in [0.2, 0.25) is 0 Å². The zero-order chi connectivity index (χ0) is 14.4. The monoisotopic (exact) mass is 292 g/mol. The minimum absolute atomic E-state index is 0.104. The molecule has 0 aliphatic rings. The molecule has 4 nitrogen and oxygen atoms in total. The second-order valence-electron chi connectivity index (χ2n) is 4.46. The summed E-state index contributed by atoms with van der Waals surface area (Å²) in [5.74, 6) is 7.45. The lowest BCUT2D eigenvalue weighted by Gasteiger charge is -2.16. The van der Waals surface area contributed by atoms with Gasteiger partial charge < -0.3 is 9.47 Å². The average Bonchev–Trinajstić information content (AvgIpc) is 2.97. The summed E-state index contributed by atoms with van der Waals surface area (Å²) in [7, 11) is 3.36. The van der Waals surface area contributed by atoms with Gasteiger partial charge in [0.05, 0.1) is 25.1 Å². The molecule has 0 aliphatic carbocycles. The number of thiophene rings is 1. The van der Waals surface area contributed by atoms with Crippen molar-refractivity contribution in [3.63, 3.8) is 0 Å². The smallest absolute Gasteiger partial charge is 0.134 e. The summed E-state index contributed by atoms with van der Waals surface area (Å²) in [4.78, 5) is 1.14. The van der Waals surface area contributed by atoms with Crippen LogP contribution in [-0.4, -0.2) is 14.2 Å². The molecule has 108 valence electrons. The molecule has 0 bridgehead atoms. The van der Waals surface area contributed by atoms with Crippen molar-refractivity contribution in [2.75, 3.05) is 14.2 Å². The third-order valence-corrected chi connectivity index (χ3v) is 4.29. The van der Waals surface area contributed by atoms with Crippen molar-refractivity contribution in [3.05, 3.63) is 46.2 Å². The maximum absolute atomic E-state index is 5.68. The van der Waals surface area contributed by atoms with Crippen molar-refractivity contribution in [1.82, 2.24) is 5.43 Å². The Hall–Kier alpha value is -1.56. The molecule has 0 radical (unpaired) electrons. The maximum atomic E-state index is 5.68. The summed E-state index contributed by atoms with van der Waals surface area (Å²) < 4.78 is 10.5. The maximum Gasteiger partial charge on any atom is 0.134 e. The van der Waals surface area contributed by atoms with Gasteiger partial charge in [0.15, 0.2) is 0 Å². The number of hydrogen-bond acceptors (Lipinski definition) is 5. The lowest BCUT2D eigenvalue weighted by atomic mass is 10.0. The number of ether oxygens (including phenoxy) is 2. The molecular weight excluding hydrogens is 272 g/mol. The Morgan fingerprint density at radius 2 is 1.90 bits per heavy atom. The Morgan fingerprint density at radius 3 is 2.50 bits per heavy atom. The fourth-order valence-corrected chi connectivity index (χ4v) is 3.08. The highest BCUT2D eigenvalue weighted by Crippen LogP contribution is 2.32. The van der Waals surface area contributed by atoms with Crippen molar-refractivity contribution < 1.29 is 9.47 Å². The van der Waals surface area contributed by atoms with E-state index in [0.717, 1.165) is 29.2 Å². The summed E-state index contributed by atoms with van der Waals surface area (Å²) in [6, 6.07) is 10.2. The molecule has 1 atom stereocenters. The van der Waals surface area contributed by atoms with Crippen LogP contribution in [0.25, 0.3) is 0 Å². The van der Waals surface area contributed by atoms with Crippen LogP contribution in [0.4, 0.5) is 0 Å². The molecule has 20 heavy (non-hydrogen) atoms. The van der Waals surface area contributed by atoms with Gasteiger partial charge in [-0.25, -0.2) is 0 Å². The van der Waals surface area contributed by atoms with E-state index in [2.05, 4.69) is 17.6 Å². The zero-order valence-corrected chi connectivity index (χ0v) is 12.6. The highest BCUT2D eigenvalue weighted by atomic mass is 32.1. The first-order chi connectivity index (χ1) is 9.78. The SMILES string of the molecule is COc1ccc(CCC(NN)c2sccc2OC)cc1. The number of benzene rings is 1. The molecule has 2 rings (SSSR count). The molecule has 0 aliphatic heterocycles. The second-order valence-corrected chi connectivity index (χ2v) is 5.41. The normalized spacial score (nSPS) is 12.2. The zero-order valence-electron chi connectivity index (χ0n) is 11.8. The lowest BCUT2D eigenvalue weighted by Crippen LogP contribution is -2.28. The molecular formula is C15H20N2O2S. The van der Waals surface area contributed by atoms with E-state index in [9.17, 15) is 0 Å². The summed E-state index contributed by atoms with van der Waals surface area (Å²) in [6.45, 7) is 0. The Kier molecular flexibility index (Phi) is 5.40. The van der Waals surface area contributed by atoms with Gasteiger partial charge in [-0.05, 0) is 42.0 Å². The van der Waals surface area contributed by atoms with Crippen LogP contribution >= 0.6 is 11.3 Å². The van der Waals surface area contributed by atoms with Gasteiger partial charge in [0.25, 0.3) is 0 Å². The van der Waals surface area contributed by atoms with Crippen molar-refractivity contribution in [2.24, 2.45) is 5.84 Å². The van der Waals surface area contributed by atoms with Crippen molar-refractivity contribution in [2.45, 2.75) is 18.9 Å². The number of hydrogen-bond donors (Lipinski definition) is 2. The van der Waals surface area contributed by atoms with Crippen LogP contribution in [0.1, 0.15) is 22.9 Å². The third-order valence-electron chi connectivity index (χ3n) is 3.28. The first-order valence-corrected chi connectivity index (χ1v) is 7.37. The van der Waals surface area contributed by atoms with E-state index >= 15 is 0 Å². The summed E-state index contributed by atoms with van der Waals surface area (Å²) in [5.41, 5.74) is 4.14. The predicted molar refractivity (Wildman–Crippen MR) is 82.3 cm³/mol. The fourth-order valence-electron chi connectivity index (χ4n) is 2.13. The van der Waals surface area contributed by atoms with Gasteiger partial charge in [-0.2, -0.15) is 0 Å². The summed E-state index contributed by atoms with van der Waals surface area (Å²) in [6.07, 6.45) is 1.86. The standard InChI is InChI=1S/C15H20N2O2S/c1-18-12-6-3-11(4-7-12)5-8-13(17-16)15-14(19-2)9-10-20-15/h3-4,6-7,9-10,13,17H,5,8,16H2,1-2H3. The van der Waals surface area contributed by atoms with E-state index in [1.807, 2.05) is 23.6 Å². The largest absolute Gasteiger partial charge is 0.497 e. The van der Waals surface area contributed by atoms with Gasteiger partial charge in [-0.15, -0.1) is 11.3 Å². The molecule has 1 unspecified atom stereocenters. The van der Waals surface area contributed by atoms with Crippen LogP contribution in [-0.2, 0) is 6.42 Å². The second kappa shape index (κ2) is 7.28. The van der Waals surface area contributed by atoms with Gasteiger partial charge in [0, 0.05) is 0 Å². The van der Waals surface area contributed by atoms with Crippen molar-refractivity contribution in [1.29, 1.82) is 0 Å². The van der Waals surface area contributed by atoms with E-state index in [0.29, 0.717) is 0 Å². The number of nitrogens with two attached hydrogens (primary N) is 1. The van der Waals surface area contributed by atoms with Gasteiger partial charge in [0.1, 0.15) is 11.5 Å². The molecule has 5 heteroatoms. The number of nitrogens with one attached hydrogen (secondary N) is 1. The topological polar surface area (TPSA) is 56.5 Å².